The molecule has 0 aromatic heterocycles. The normalized spacial score (nSPS) is 8.71. The van der Waals surface area contributed by atoms with Crippen molar-refractivity contribution in [3.05, 3.63) is 54.1 Å². The topological polar surface area (TPSA) is 9.23 Å². The van der Waals surface area contributed by atoms with E-state index in [-0.39, 0.29) is 24.8 Å². The number of hydrogen-bond acceptors (Lipinski definition) is 1. The third-order valence-corrected chi connectivity index (χ3v) is 2.64. The van der Waals surface area contributed by atoms with Crippen molar-refractivity contribution in [1.82, 2.24) is 0 Å². The largest absolute Gasteiger partial charge is 0.147 e. The van der Waals surface area contributed by atoms with E-state index in [0.29, 0.717) is 0 Å². The monoisotopic (exact) mass is 303 g/mol. The number of rotatable bonds is 2. The van der Waals surface area contributed by atoms with Gasteiger partial charge in [-0.15, -0.1) is 24.8 Å². The maximum Gasteiger partial charge on any atom is -0.147 e. The Balaban J connectivity index is 0.00000128. The number of halogens is 2. The molecular weight excluding hydrogens is 291 g/mol. The standard InChI is InChI=1S/C13H12O.2ClH.Ti/c1-10-7-12(9-13(14)8-10)11-5-3-2-4-6-11;;;/h2-9,14H,1H3;2*1H;/q;;;+1/p-1. The SMILES string of the molecule is Cc1cc([O][Ti])cc(-c2ccccc2)c1.Cl.Cl. The summed E-state index contributed by atoms with van der Waals surface area (Å²) < 4.78 is 5.26. The molecule has 89 valence electrons. The Labute approximate surface area is 126 Å². The van der Waals surface area contributed by atoms with Gasteiger partial charge in [0.2, 0.25) is 0 Å². The Morgan fingerprint density at radius 2 is 1.53 bits per heavy atom. The zero-order valence-corrected chi connectivity index (χ0v) is 12.5. The van der Waals surface area contributed by atoms with E-state index in [1.807, 2.05) is 24.3 Å². The molecule has 0 saturated heterocycles. The van der Waals surface area contributed by atoms with E-state index in [2.05, 4.69) is 31.2 Å². The third kappa shape index (κ3) is 4.36. The van der Waals surface area contributed by atoms with Gasteiger partial charge in [0.05, 0.1) is 0 Å². The molecule has 0 aliphatic rings. The van der Waals surface area contributed by atoms with Crippen LogP contribution in [0.15, 0.2) is 48.5 Å². The summed E-state index contributed by atoms with van der Waals surface area (Å²) in [5.41, 5.74) is 3.64. The van der Waals surface area contributed by atoms with Crippen LogP contribution in [0.3, 0.4) is 0 Å². The molecule has 0 aliphatic carbocycles. The minimum atomic E-state index is 0. The van der Waals surface area contributed by atoms with Crippen LogP contribution in [0.1, 0.15) is 5.56 Å². The van der Waals surface area contributed by atoms with Crippen molar-refractivity contribution in [2.24, 2.45) is 0 Å². The van der Waals surface area contributed by atoms with Crippen molar-refractivity contribution in [2.45, 2.75) is 6.92 Å². The van der Waals surface area contributed by atoms with Crippen LogP contribution in [-0.4, -0.2) is 0 Å². The Kier molecular flexibility index (Phi) is 7.57. The van der Waals surface area contributed by atoms with E-state index in [4.69, 9.17) is 3.32 Å². The summed E-state index contributed by atoms with van der Waals surface area (Å²) in [7, 11) is 0. The Hall–Kier alpha value is -0.466. The first kappa shape index (κ1) is 16.5. The zero-order valence-electron chi connectivity index (χ0n) is 9.34. The fraction of sp³-hybridized carbons (Fsp3) is 0.0769. The molecule has 0 atom stereocenters. The van der Waals surface area contributed by atoms with Crippen molar-refractivity contribution in [2.75, 3.05) is 0 Å². The zero-order chi connectivity index (χ0) is 10.7. The van der Waals surface area contributed by atoms with Gasteiger partial charge in [0.15, 0.2) is 0 Å². The summed E-state index contributed by atoms with van der Waals surface area (Å²) in [5, 5.41) is 0. The third-order valence-electron chi connectivity index (χ3n) is 2.28. The van der Waals surface area contributed by atoms with Gasteiger partial charge in [-0.2, -0.15) is 0 Å². The van der Waals surface area contributed by atoms with Crippen molar-refractivity contribution in [3.63, 3.8) is 0 Å². The van der Waals surface area contributed by atoms with Crippen LogP contribution in [0.5, 0.6) is 5.75 Å². The predicted octanol–water partition coefficient (Wildman–Crippen LogP) is 4.35. The van der Waals surface area contributed by atoms with E-state index in [1.54, 1.807) is 20.8 Å². The maximum absolute atomic E-state index is 5.26. The Morgan fingerprint density at radius 1 is 0.882 bits per heavy atom. The average Bonchev–Trinajstić information content (AvgIpc) is 2.29. The van der Waals surface area contributed by atoms with Gasteiger partial charge >= 0.3 is 102 Å². The summed E-state index contributed by atoms with van der Waals surface area (Å²) >= 11 is 1.70. The van der Waals surface area contributed by atoms with Gasteiger partial charge in [0.25, 0.3) is 0 Å². The molecule has 0 saturated carbocycles. The molecule has 0 spiro atoms. The van der Waals surface area contributed by atoms with Crippen LogP contribution in [0.2, 0.25) is 0 Å². The molecule has 0 amide bonds. The average molecular weight is 304 g/mol. The first-order valence-electron chi connectivity index (χ1n) is 4.80. The summed E-state index contributed by atoms with van der Waals surface area (Å²) in [6.07, 6.45) is 0. The maximum atomic E-state index is 5.26. The minimum Gasteiger partial charge on any atom is -0.147 e. The molecule has 4 heteroatoms. The van der Waals surface area contributed by atoms with Gasteiger partial charge in [-0.25, -0.2) is 0 Å². The van der Waals surface area contributed by atoms with Gasteiger partial charge in [-0.3, -0.25) is 0 Å². The fourth-order valence-corrected chi connectivity index (χ4v) is 1.79. The summed E-state index contributed by atoms with van der Waals surface area (Å²) in [6.45, 7) is 2.08. The molecule has 0 heterocycles. The van der Waals surface area contributed by atoms with Gasteiger partial charge in [0.1, 0.15) is 0 Å². The Morgan fingerprint density at radius 3 is 2.12 bits per heavy atom. The van der Waals surface area contributed by atoms with E-state index < -0.39 is 0 Å². The first-order chi connectivity index (χ1) is 7.29. The second-order valence-electron chi connectivity index (χ2n) is 3.50. The molecular formula is C13H13Cl2OTi. The van der Waals surface area contributed by atoms with Crippen LogP contribution < -0.4 is 3.32 Å². The van der Waals surface area contributed by atoms with Gasteiger partial charge in [-0.1, -0.05) is 0 Å². The minimum absolute atomic E-state index is 0. The van der Waals surface area contributed by atoms with Crippen LogP contribution in [-0.2, 0) is 20.8 Å². The molecule has 0 radical (unpaired) electrons. The summed E-state index contributed by atoms with van der Waals surface area (Å²) in [6, 6.07) is 16.6. The molecule has 0 N–H and O–H groups in total. The van der Waals surface area contributed by atoms with Gasteiger partial charge in [0, 0.05) is 0 Å². The van der Waals surface area contributed by atoms with Crippen molar-refractivity contribution in [1.29, 1.82) is 0 Å². The van der Waals surface area contributed by atoms with Crippen LogP contribution in [0, 0.1) is 6.92 Å². The fourth-order valence-electron chi connectivity index (χ4n) is 1.60. The van der Waals surface area contributed by atoms with E-state index in [1.165, 1.54) is 16.7 Å². The number of benzene rings is 2. The Bertz CT molecular complexity index is 460. The van der Waals surface area contributed by atoms with Gasteiger partial charge < -0.3 is 0 Å². The molecule has 0 fully saturated rings. The van der Waals surface area contributed by atoms with Crippen molar-refractivity contribution >= 4 is 24.8 Å². The second kappa shape index (κ2) is 7.78. The van der Waals surface area contributed by atoms with Crippen molar-refractivity contribution < 1.29 is 24.1 Å². The molecule has 2 rings (SSSR count). The smallest absolute Gasteiger partial charge is 0.147 e. The molecule has 2 aromatic rings. The molecule has 1 nitrogen and oxygen atoms in total. The van der Waals surface area contributed by atoms with Crippen molar-refractivity contribution in [3.8, 4) is 16.9 Å². The molecule has 0 bridgehead atoms. The summed E-state index contributed by atoms with van der Waals surface area (Å²) in [4.78, 5) is 0. The quantitative estimate of drug-likeness (QED) is 0.750. The number of aryl methyl sites for hydroxylation is 1. The first-order valence-corrected chi connectivity index (χ1v) is 5.44. The van der Waals surface area contributed by atoms with Gasteiger partial charge in [-0.05, 0) is 0 Å². The van der Waals surface area contributed by atoms with E-state index in [9.17, 15) is 0 Å². The molecule has 2 aromatic carbocycles. The predicted molar refractivity (Wildman–Crippen MR) is 71.7 cm³/mol. The van der Waals surface area contributed by atoms with E-state index in [0.717, 1.165) is 5.75 Å². The van der Waals surface area contributed by atoms with Crippen LogP contribution in [0.25, 0.3) is 11.1 Å². The molecule has 0 aliphatic heterocycles. The molecule has 17 heavy (non-hydrogen) atoms. The second-order valence-corrected chi connectivity index (χ2v) is 3.82. The van der Waals surface area contributed by atoms with Crippen LogP contribution >= 0.6 is 24.8 Å². The molecule has 0 unspecified atom stereocenters. The van der Waals surface area contributed by atoms with Crippen LogP contribution in [0.4, 0.5) is 0 Å². The summed E-state index contributed by atoms with van der Waals surface area (Å²) in [5.74, 6) is 0.911. The van der Waals surface area contributed by atoms with E-state index >= 15 is 0 Å². The number of hydrogen-bond donors (Lipinski definition) is 0.